The molecule has 0 heterocycles. The number of carbonyl (C=O) groups is 1. The van der Waals surface area contributed by atoms with Crippen LogP contribution in [0.15, 0.2) is 29.2 Å². The van der Waals surface area contributed by atoms with Crippen molar-refractivity contribution >= 4 is 18.6 Å². The molecule has 1 unspecified atom stereocenters. The fourth-order valence-corrected chi connectivity index (χ4v) is 0.970. The van der Waals surface area contributed by atoms with Gasteiger partial charge in [-0.15, -0.1) is 12.6 Å². The summed E-state index contributed by atoms with van der Waals surface area (Å²) in [6.07, 6.45) is -1.08. The zero-order valence-corrected chi connectivity index (χ0v) is 7.99. The Bertz CT molecular complexity index is 292. The van der Waals surface area contributed by atoms with Gasteiger partial charge in [0.25, 0.3) is 0 Å². The van der Waals surface area contributed by atoms with E-state index in [1.807, 2.05) is 0 Å². The lowest BCUT2D eigenvalue weighted by atomic mass is 10.2. The lowest BCUT2D eigenvalue weighted by molar-refractivity contribution is -0.0523. The normalized spacial score (nSPS) is 12.2. The predicted molar refractivity (Wildman–Crippen MR) is 50.8 cm³/mol. The molecule has 0 aliphatic rings. The maximum absolute atomic E-state index is 11.2. The van der Waals surface area contributed by atoms with Crippen LogP contribution in [0.25, 0.3) is 0 Å². The number of hydrogen-bond donors (Lipinski definition) is 2. The van der Waals surface area contributed by atoms with E-state index < -0.39 is 12.3 Å². The molecular formula is C9H10O3S. The van der Waals surface area contributed by atoms with Gasteiger partial charge in [0.15, 0.2) is 6.29 Å². The van der Waals surface area contributed by atoms with Crippen molar-refractivity contribution in [3.63, 3.8) is 0 Å². The third-order valence-electron chi connectivity index (χ3n) is 1.38. The Labute approximate surface area is 81.8 Å². The van der Waals surface area contributed by atoms with Crippen LogP contribution in [-0.2, 0) is 4.74 Å². The molecule has 1 aromatic carbocycles. The van der Waals surface area contributed by atoms with E-state index in [4.69, 9.17) is 5.11 Å². The molecule has 1 N–H and O–H groups in total. The van der Waals surface area contributed by atoms with Gasteiger partial charge in [-0.05, 0) is 31.2 Å². The van der Waals surface area contributed by atoms with Gasteiger partial charge in [0, 0.05) is 4.90 Å². The van der Waals surface area contributed by atoms with Crippen molar-refractivity contribution in [2.45, 2.75) is 18.1 Å². The zero-order chi connectivity index (χ0) is 9.84. The van der Waals surface area contributed by atoms with Crippen LogP contribution < -0.4 is 0 Å². The Hall–Kier alpha value is -1.00. The fourth-order valence-electron chi connectivity index (χ4n) is 0.820. The molecule has 0 aromatic heterocycles. The lowest BCUT2D eigenvalue weighted by Crippen LogP contribution is -2.13. The second kappa shape index (κ2) is 4.30. The Morgan fingerprint density at radius 3 is 2.46 bits per heavy atom. The SMILES string of the molecule is CC(O)OC(=O)c1ccc(S)cc1. The van der Waals surface area contributed by atoms with Crippen LogP contribution in [0.5, 0.6) is 0 Å². The quantitative estimate of drug-likeness (QED) is 0.430. The lowest BCUT2D eigenvalue weighted by Gasteiger charge is -2.06. The van der Waals surface area contributed by atoms with Crippen LogP contribution in [0.4, 0.5) is 0 Å². The van der Waals surface area contributed by atoms with E-state index in [1.165, 1.54) is 6.92 Å². The molecule has 0 bridgehead atoms. The van der Waals surface area contributed by atoms with Crippen molar-refractivity contribution in [3.8, 4) is 0 Å². The highest BCUT2D eigenvalue weighted by molar-refractivity contribution is 7.80. The molecule has 1 aromatic rings. The van der Waals surface area contributed by atoms with Crippen molar-refractivity contribution in [3.05, 3.63) is 29.8 Å². The van der Waals surface area contributed by atoms with Crippen LogP contribution >= 0.6 is 12.6 Å². The Morgan fingerprint density at radius 2 is 2.00 bits per heavy atom. The standard InChI is InChI=1S/C9H10O3S/c1-6(10)12-9(11)7-2-4-8(13)5-3-7/h2-6,10,13H,1H3. The topological polar surface area (TPSA) is 46.5 Å². The van der Waals surface area contributed by atoms with E-state index in [0.717, 1.165) is 4.90 Å². The highest BCUT2D eigenvalue weighted by Crippen LogP contribution is 2.09. The van der Waals surface area contributed by atoms with E-state index in [2.05, 4.69) is 17.4 Å². The maximum atomic E-state index is 11.2. The Morgan fingerprint density at radius 1 is 1.46 bits per heavy atom. The highest BCUT2D eigenvalue weighted by Gasteiger charge is 2.08. The molecule has 3 nitrogen and oxygen atoms in total. The average Bonchev–Trinajstić information content (AvgIpc) is 2.04. The van der Waals surface area contributed by atoms with Gasteiger partial charge >= 0.3 is 5.97 Å². The molecule has 0 fully saturated rings. The molecule has 0 saturated heterocycles. The summed E-state index contributed by atoms with van der Waals surface area (Å²) in [6, 6.07) is 6.55. The second-order valence-electron chi connectivity index (χ2n) is 2.55. The molecule has 1 rings (SSSR count). The summed E-state index contributed by atoms with van der Waals surface area (Å²) < 4.78 is 4.57. The van der Waals surface area contributed by atoms with Gasteiger partial charge < -0.3 is 9.84 Å². The van der Waals surface area contributed by atoms with Gasteiger partial charge in [-0.25, -0.2) is 4.79 Å². The van der Waals surface area contributed by atoms with E-state index >= 15 is 0 Å². The number of rotatable bonds is 2. The number of aliphatic hydroxyl groups is 1. The monoisotopic (exact) mass is 198 g/mol. The molecule has 0 saturated carbocycles. The van der Waals surface area contributed by atoms with Crippen LogP contribution in [-0.4, -0.2) is 17.4 Å². The van der Waals surface area contributed by atoms with Gasteiger partial charge in [-0.1, -0.05) is 0 Å². The van der Waals surface area contributed by atoms with Gasteiger partial charge in [-0.3, -0.25) is 0 Å². The molecule has 0 aliphatic heterocycles. The predicted octanol–water partition coefficient (Wildman–Crippen LogP) is 1.47. The molecule has 13 heavy (non-hydrogen) atoms. The summed E-state index contributed by atoms with van der Waals surface area (Å²) >= 11 is 4.07. The molecule has 4 heteroatoms. The number of benzene rings is 1. The van der Waals surface area contributed by atoms with Crippen LogP contribution in [0, 0.1) is 0 Å². The van der Waals surface area contributed by atoms with Crippen LogP contribution in [0.1, 0.15) is 17.3 Å². The van der Waals surface area contributed by atoms with E-state index in [-0.39, 0.29) is 0 Å². The number of esters is 1. The molecule has 0 aliphatic carbocycles. The van der Waals surface area contributed by atoms with Crippen molar-refractivity contribution in [2.75, 3.05) is 0 Å². The highest BCUT2D eigenvalue weighted by atomic mass is 32.1. The van der Waals surface area contributed by atoms with Crippen LogP contribution in [0.2, 0.25) is 0 Å². The first-order valence-electron chi connectivity index (χ1n) is 3.77. The first-order chi connectivity index (χ1) is 6.09. The Balaban J connectivity index is 2.72. The van der Waals surface area contributed by atoms with Gasteiger partial charge in [0.1, 0.15) is 0 Å². The average molecular weight is 198 g/mol. The van der Waals surface area contributed by atoms with Crippen molar-refractivity contribution in [2.24, 2.45) is 0 Å². The fraction of sp³-hybridized carbons (Fsp3) is 0.222. The van der Waals surface area contributed by atoms with Crippen molar-refractivity contribution in [1.82, 2.24) is 0 Å². The number of carbonyl (C=O) groups excluding carboxylic acids is 1. The Kier molecular flexibility index (Phi) is 3.33. The minimum Gasteiger partial charge on any atom is -0.433 e. The number of aliphatic hydroxyl groups excluding tert-OH is 1. The molecule has 70 valence electrons. The summed E-state index contributed by atoms with van der Waals surface area (Å²) in [4.78, 5) is 11.9. The summed E-state index contributed by atoms with van der Waals surface area (Å²) in [5.41, 5.74) is 0.402. The summed E-state index contributed by atoms with van der Waals surface area (Å²) in [7, 11) is 0. The summed E-state index contributed by atoms with van der Waals surface area (Å²) in [5, 5.41) is 8.78. The number of ether oxygens (including phenoxy) is 1. The van der Waals surface area contributed by atoms with Crippen molar-refractivity contribution in [1.29, 1.82) is 0 Å². The molecule has 0 spiro atoms. The van der Waals surface area contributed by atoms with Gasteiger partial charge in [0.05, 0.1) is 5.56 Å². The first kappa shape index (κ1) is 10.1. The van der Waals surface area contributed by atoms with Crippen LogP contribution in [0.3, 0.4) is 0 Å². The minimum atomic E-state index is -1.08. The smallest absolute Gasteiger partial charge is 0.340 e. The summed E-state index contributed by atoms with van der Waals surface area (Å²) in [6.45, 7) is 1.38. The maximum Gasteiger partial charge on any atom is 0.340 e. The zero-order valence-electron chi connectivity index (χ0n) is 7.10. The minimum absolute atomic E-state index is 0.402. The van der Waals surface area contributed by atoms with Gasteiger partial charge in [-0.2, -0.15) is 0 Å². The molecule has 0 radical (unpaired) electrons. The van der Waals surface area contributed by atoms with E-state index in [1.54, 1.807) is 24.3 Å². The number of thiol groups is 1. The third kappa shape index (κ3) is 3.08. The third-order valence-corrected chi connectivity index (χ3v) is 1.68. The molecular weight excluding hydrogens is 188 g/mol. The largest absolute Gasteiger partial charge is 0.433 e. The van der Waals surface area contributed by atoms with Gasteiger partial charge in [0.2, 0.25) is 0 Å². The molecule has 0 amide bonds. The second-order valence-corrected chi connectivity index (χ2v) is 3.07. The molecule has 1 atom stereocenters. The summed E-state index contributed by atoms with van der Waals surface area (Å²) in [5.74, 6) is -0.539. The van der Waals surface area contributed by atoms with E-state index in [9.17, 15) is 4.79 Å². The van der Waals surface area contributed by atoms with Crippen molar-refractivity contribution < 1.29 is 14.6 Å². The van der Waals surface area contributed by atoms with E-state index in [0.29, 0.717) is 5.56 Å². The number of hydrogen-bond acceptors (Lipinski definition) is 4. The first-order valence-corrected chi connectivity index (χ1v) is 4.22.